The van der Waals surface area contributed by atoms with Crippen LogP contribution < -0.4 is 5.32 Å². The number of anilines is 1. The Balaban J connectivity index is 1.90. The number of carbonyl (C=O) groups is 1. The zero-order valence-electron chi connectivity index (χ0n) is 10.5. The third-order valence-corrected chi connectivity index (χ3v) is 3.73. The fourth-order valence-corrected chi connectivity index (χ4v) is 2.71. The maximum atomic E-state index is 13.1. The minimum absolute atomic E-state index is 0.0690. The number of phenols is 2. The predicted octanol–water partition coefficient (Wildman–Crippen LogP) is 3.10. The highest BCUT2D eigenvalue weighted by Crippen LogP contribution is 2.28. The standard InChI is InChI=1S/C14H9FN2O3S/c15-7-1-3-10-12(5-7)21-14(16-10)17-13(20)9-6-8(18)2-4-11(9)19/h1-6,18-19H,(H,16,17,20). The van der Waals surface area contributed by atoms with Crippen LogP contribution in [0.1, 0.15) is 10.4 Å². The molecule has 0 aliphatic rings. The van der Waals surface area contributed by atoms with Gasteiger partial charge >= 0.3 is 0 Å². The molecule has 0 aliphatic heterocycles. The summed E-state index contributed by atoms with van der Waals surface area (Å²) >= 11 is 1.12. The summed E-state index contributed by atoms with van der Waals surface area (Å²) in [6.45, 7) is 0. The second-order valence-corrected chi connectivity index (χ2v) is 5.32. The van der Waals surface area contributed by atoms with Crippen molar-refractivity contribution >= 4 is 32.6 Å². The predicted molar refractivity (Wildman–Crippen MR) is 77.3 cm³/mol. The second-order valence-electron chi connectivity index (χ2n) is 4.29. The topological polar surface area (TPSA) is 82.5 Å². The minimum atomic E-state index is -0.608. The van der Waals surface area contributed by atoms with Crippen LogP contribution in [0, 0.1) is 5.82 Å². The van der Waals surface area contributed by atoms with Crippen molar-refractivity contribution in [2.45, 2.75) is 0 Å². The number of benzene rings is 2. The molecule has 5 nitrogen and oxygen atoms in total. The van der Waals surface area contributed by atoms with Crippen LogP contribution in [0.15, 0.2) is 36.4 Å². The SMILES string of the molecule is O=C(Nc1nc2ccc(F)cc2s1)c1cc(O)ccc1O. The van der Waals surface area contributed by atoms with Gasteiger partial charge < -0.3 is 10.2 Å². The van der Waals surface area contributed by atoms with Crippen molar-refractivity contribution in [3.63, 3.8) is 0 Å². The zero-order valence-corrected chi connectivity index (χ0v) is 11.3. The molecular formula is C14H9FN2O3S. The molecule has 3 aromatic rings. The van der Waals surface area contributed by atoms with E-state index in [4.69, 9.17) is 0 Å². The van der Waals surface area contributed by atoms with Crippen molar-refractivity contribution in [1.29, 1.82) is 0 Å². The smallest absolute Gasteiger partial charge is 0.261 e. The molecule has 0 bridgehead atoms. The molecule has 0 fully saturated rings. The summed E-state index contributed by atoms with van der Waals surface area (Å²) in [5.74, 6) is -1.38. The first-order valence-electron chi connectivity index (χ1n) is 5.92. The Kier molecular flexibility index (Phi) is 3.19. The third kappa shape index (κ3) is 2.63. The number of fused-ring (bicyclic) bond motifs is 1. The van der Waals surface area contributed by atoms with E-state index in [1.165, 1.54) is 30.3 Å². The molecule has 21 heavy (non-hydrogen) atoms. The second kappa shape index (κ2) is 5.02. The van der Waals surface area contributed by atoms with Gasteiger partial charge in [0.15, 0.2) is 5.13 Å². The summed E-state index contributed by atoms with van der Waals surface area (Å²) in [6.07, 6.45) is 0. The van der Waals surface area contributed by atoms with Gasteiger partial charge in [-0.05, 0) is 36.4 Å². The molecule has 1 aromatic heterocycles. The fraction of sp³-hybridized carbons (Fsp3) is 0. The Morgan fingerprint density at radius 1 is 1.19 bits per heavy atom. The lowest BCUT2D eigenvalue weighted by atomic mass is 10.2. The molecule has 0 aliphatic carbocycles. The van der Waals surface area contributed by atoms with E-state index < -0.39 is 5.91 Å². The van der Waals surface area contributed by atoms with Gasteiger partial charge in [0.05, 0.1) is 15.8 Å². The molecule has 0 spiro atoms. The summed E-state index contributed by atoms with van der Waals surface area (Å²) in [6, 6.07) is 7.77. The summed E-state index contributed by atoms with van der Waals surface area (Å²) in [7, 11) is 0. The number of phenolic OH excluding ortho intramolecular Hbond substituents is 2. The van der Waals surface area contributed by atoms with Crippen molar-refractivity contribution < 1.29 is 19.4 Å². The van der Waals surface area contributed by atoms with E-state index in [2.05, 4.69) is 10.3 Å². The normalized spacial score (nSPS) is 10.7. The van der Waals surface area contributed by atoms with Crippen molar-refractivity contribution in [2.24, 2.45) is 0 Å². The minimum Gasteiger partial charge on any atom is -0.508 e. The number of hydrogen-bond donors (Lipinski definition) is 3. The first-order valence-corrected chi connectivity index (χ1v) is 6.74. The maximum Gasteiger partial charge on any atom is 0.261 e. The van der Waals surface area contributed by atoms with Gasteiger partial charge in [-0.15, -0.1) is 0 Å². The monoisotopic (exact) mass is 304 g/mol. The number of halogens is 1. The summed E-state index contributed by atoms with van der Waals surface area (Å²) in [5.41, 5.74) is 0.497. The van der Waals surface area contributed by atoms with Crippen LogP contribution >= 0.6 is 11.3 Å². The molecule has 0 saturated heterocycles. The molecule has 106 valence electrons. The molecule has 0 atom stereocenters. The highest BCUT2D eigenvalue weighted by Gasteiger charge is 2.14. The Morgan fingerprint density at radius 2 is 2.00 bits per heavy atom. The van der Waals surface area contributed by atoms with Gasteiger partial charge in [0, 0.05) is 0 Å². The van der Waals surface area contributed by atoms with Crippen molar-refractivity contribution in [3.05, 3.63) is 47.8 Å². The van der Waals surface area contributed by atoms with Gasteiger partial charge in [0.25, 0.3) is 5.91 Å². The van der Waals surface area contributed by atoms with E-state index in [1.54, 1.807) is 0 Å². The highest BCUT2D eigenvalue weighted by molar-refractivity contribution is 7.22. The van der Waals surface area contributed by atoms with Gasteiger partial charge in [-0.25, -0.2) is 9.37 Å². The van der Waals surface area contributed by atoms with Gasteiger partial charge in [-0.2, -0.15) is 0 Å². The number of nitrogens with one attached hydrogen (secondary N) is 1. The molecule has 3 rings (SSSR count). The van der Waals surface area contributed by atoms with Crippen LogP contribution in [-0.4, -0.2) is 21.1 Å². The van der Waals surface area contributed by atoms with Crippen LogP contribution in [0.3, 0.4) is 0 Å². The number of carbonyl (C=O) groups excluding carboxylic acids is 1. The van der Waals surface area contributed by atoms with Crippen LogP contribution in [0.5, 0.6) is 11.5 Å². The van der Waals surface area contributed by atoms with Gasteiger partial charge in [-0.3, -0.25) is 10.1 Å². The average Bonchev–Trinajstić information content (AvgIpc) is 2.82. The Labute approximate surface area is 122 Å². The number of nitrogens with zero attached hydrogens (tertiary/aromatic N) is 1. The number of rotatable bonds is 2. The van der Waals surface area contributed by atoms with E-state index in [0.29, 0.717) is 10.2 Å². The van der Waals surface area contributed by atoms with Crippen LogP contribution in [-0.2, 0) is 0 Å². The number of amides is 1. The summed E-state index contributed by atoms with van der Waals surface area (Å²) in [5, 5.41) is 21.8. The zero-order chi connectivity index (χ0) is 15.0. The maximum absolute atomic E-state index is 13.1. The molecule has 1 amide bonds. The highest BCUT2D eigenvalue weighted by atomic mass is 32.1. The molecule has 1 heterocycles. The van der Waals surface area contributed by atoms with Crippen LogP contribution in [0.4, 0.5) is 9.52 Å². The van der Waals surface area contributed by atoms with Crippen molar-refractivity contribution in [2.75, 3.05) is 5.32 Å². The lowest BCUT2D eigenvalue weighted by molar-refractivity contribution is 0.102. The molecule has 0 radical (unpaired) electrons. The molecule has 0 unspecified atom stereocenters. The summed E-state index contributed by atoms with van der Waals surface area (Å²) < 4.78 is 13.7. The number of aromatic nitrogens is 1. The van der Waals surface area contributed by atoms with Crippen molar-refractivity contribution in [3.8, 4) is 11.5 Å². The third-order valence-electron chi connectivity index (χ3n) is 2.80. The van der Waals surface area contributed by atoms with Gasteiger partial charge in [0.2, 0.25) is 0 Å². The van der Waals surface area contributed by atoms with Crippen LogP contribution in [0.25, 0.3) is 10.2 Å². The largest absolute Gasteiger partial charge is 0.508 e. The van der Waals surface area contributed by atoms with Crippen LogP contribution in [0.2, 0.25) is 0 Å². The number of hydrogen-bond acceptors (Lipinski definition) is 5. The Hall–Kier alpha value is -2.67. The molecule has 2 aromatic carbocycles. The first kappa shape index (κ1) is 13.3. The number of aromatic hydroxyl groups is 2. The van der Waals surface area contributed by atoms with E-state index in [0.717, 1.165) is 17.4 Å². The van der Waals surface area contributed by atoms with E-state index in [-0.39, 0.29) is 28.0 Å². The molecule has 7 heteroatoms. The Bertz CT molecular complexity index is 847. The van der Waals surface area contributed by atoms with E-state index >= 15 is 0 Å². The average molecular weight is 304 g/mol. The lowest BCUT2D eigenvalue weighted by Gasteiger charge is -2.04. The fourth-order valence-electron chi connectivity index (χ4n) is 1.82. The summed E-state index contributed by atoms with van der Waals surface area (Å²) in [4.78, 5) is 16.2. The lowest BCUT2D eigenvalue weighted by Crippen LogP contribution is -2.11. The number of thiazole rings is 1. The molecule has 0 saturated carbocycles. The molecule has 3 N–H and O–H groups in total. The first-order chi connectivity index (χ1) is 10.0. The molecular weight excluding hydrogens is 295 g/mol. The van der Waals surface area contributed by atoms with Gasteiger partial charge in [0.1, 0.15) is 17.3 Å². The Morgan fingerprint density at radius 3 is 2.81 bits per heavy atom. The van der Waals surface area contributed by atoms with E-state index in [1.807, 2.05) is 0 Å². The van der Waals surface area contributed by atoms with Gasteiger partial charge in [-0.1, -0.05) is 11.3 Å². The van der Waals surface area contributed by atoms with Crippen molar-refractivity contribution in [1.82, 2.24) is 4.98 Å². The quantitative estimate of drug-likeness (QED) is 0.635. The van der Waals surface area contributed by atoms with E-state index in [9.17, 15) is 19.4 Å².